The van der Waals surface area contributed by atoms with Gasteiger partial charge in [-0.05, 0) is 22.8 Å². The van der Waals surface area contributed by atoms with E-state index >= 15 is 0 Å². The molecule has 3 rings (SSSR count). The largest absolute Gasteiger partial charge is 0.462 e. The SMILES string of the molecule is OCc1ccc(Cc2ccccc2O[C@@H]2O[C@H](CO)[C@@H](O)[C@H](O)[C@H]2O)cc1. The van der Waals surface area contributed by atoms with E-state index in [2.05, 4.69) is 0 Å². The Bertz CT molecular complexity index is 731. The molecule has 0 aliphatic carbocycles. The number of aliphatic hydroxyl groups is 5. The first kappa shape index (κ1) is 19.8. The summed E-state index contributed by atoms with van der Waals surface area (Å²) in [6.07, 6.45) is -6.06. The first-order valence-corrected chi connectivity index (χ1v) is 8.77. The van der Waals surface area contributed by atoms with Gasteiger partial charge < -0.3 is 35.0 Å². The summed E-state index contributed by atoms with van der Waals surface area (Å²) in [5, 5.41) is 48.4. The Hall–Kier alpha value is -2.00. The lowest BCUT2D eigenvalue weighted by atomic mass is 9.99. The van der Waals surface area contributed by atoms with Crippen molar-refractivity contribution in [2.24, 2.45) is 0 Å². The highest BCUT2D eigenvalue weighted by Gasteiger charge is 2.44. The zero-order valence-corrected chi connectivity index (χ0v) is 14.7. The smallest absolute Gasteiger partial charge is 0.229 e. The molecule has 27 heavy (non-hydrogen) atoms. The fourth-order valence-electron chi connectivity index (χ4n) is 3.04. The maximum Gasteiger partial charge on any atom is 0.229 e. The molecule has 0 bridgehead atoms. The summed E-state index contributed by atoms with van der Waals surface area (Å²) in [7, 11) is 0. The van der Waals surface area contributed by atoms with Crippen molar-refractivity contribution in [3.63, 3.8) is 0 Å². The average molecular weight is 376 g/mol. The van der Waals surface area contributed by atoms with E-state index in [1.807, 2.05) is 36.4 Å². The summed E-state index contributed by atoms with van der Waals surface area (Å²) in [5.74, 6) is 0.466. The lowest BCUT2D eigenvalue weighted by Crippen LogP contribution is -2.60. The topological polar surface area (TPSA) is 120 Å². The Morgan fingerprint density at radius 2 is 1.48 bits per heavy atom. The summed E-state index contributed by atoms with van der Waals surface area (Å²) < 4.78 is 11.2. The molecule has 1 aliphatic heterocycles. The second-order valence-corrected chi connectivity index (χ2v) is 6.57. The Labute approximate surface area is 157 Å². The number of benzene rings is 2. The molecule has 0 spiro atoms. The normalized spacial score (nSPS) is 28.1. The molecule has 7 nitrogen and oxygen atoms in total. The van der Waals surface area contributed by atoms with Crippen molar-refractivity contribution in [3.05, 3.63) is 65.2 Å². The second-order valence-electron chi connectivity index (χ2n) is 6.57. The molecule has 2 aromatic carbocycles. The number of rotatable bonds is 6. The van der Waals surface area contributed by atoms with E-state index in [0.717, 1.165) is 16.7 Å². The molecule has 0 aromatic heterocycles. The van der Waals surface area contributed by atoms with Gasteiger partial charge in [0.05, 0.1) is 13.2 Å². The van der Waals surface area contributed by atoms with Crippen LogP contribution in [-0.4, -0.2) is 62.8 Å². The Morgan fingerprint density at radius 1 is 0.815 bits per heavy atom. The van der Waals surface area contributed by atoms with Crippen LogP contribution in [0, 0.1) is 0 Å². The Morgan fingerprint density at radius 3 is 2.15 bits per heavy atom. The van der Waals surface area contributed by atoms with Crippen LogP contribution in [0.4, 0.5) is 0 Å². The summed E-state index contributed by atoms with van der Waals surface area (Å²) >= 11 is 0. The summed E-state index contributed by atoms with van der Waals surface area (Å²) in [4.78, 5) is 0. The molecule has 2 aromatic rings. The fourth-order valence-corrected chi connectivity index (χ4v) is 3.04. The van der Waals surface area contributed by atoms with Gasteiger partial charge >= 0.3 is 0 Å². The van der Waals surface area contributed by atoms with Gasteiger partial charge in [0.25, 0.3) is 0 Å². The standard InChI is InChI=1S/C20H24O7/c21-10-13-7-5-12(6-8-13)9-14-3-1-2-4-15(14)26-20-19(25)18(24)17(23)16(11-22)27-20/h1-8,16-25H,9-11H2/t16-,17-,18+,19-,20-/m1/s1. The van der Waals surface area contributed by atoms with Gasteiger partial charge in [-0.1, -0.05) is 42.5 Å². The van der Waals surface area contributed by atoms with Crippen LogP contribution in [0.1, 0.15) is 16.7 Å². The van der Waals surface area contributed by atoms with Crippen molar-refractivity contribution in [3.8, 4) is 5.75 Å². The first-order chi connectivity index (χ1) is 13.0. The minimum Gasteiger partial charge on any atom is -0.462 e. The maximum absolute atomic E-state index is 10.2. The third kappa shape index (κ3) is 4.47. The quantitative estimate of drug-likeness (QED) is 0.479. The third-order valence-electron chi connectivity index (χ3n) is 4.66. The number of para-hydroxylation sites is 1. The molecular weight excluding hydrogens is 352 g/mol. The van der Waals surface area contributed by atoms with Crippen LogP contribution in [0.15, 0.2) is 48.5 Å². The van der Waals surface area contributed by atoms with Crippen molar-refractivity contribution in [1.82, 2.24) is 0 Å². The highest BCUT2D eigenvalue weighted by atomic mass is 16.7. The van der Waals surface area contributed by atoms with Gasteiger partial charge in [-0.3, -0.25) is 0 Å². The molecular formula is C20H24O7. The van der Waals surface area contributed by atoms with Crippen LogP contribution in [0.25, 0.3) is 0 Å². The summed E-state index contributed by atoms with van der Waals surface area (Å²) in [6.45, 7) is -0.527. The van der Waals surface area contributed by atoms with Crippen LogP contribution in [0.3, 0.4) is 0 Å². The van der Waals surface area contributed by atoms with Crippen molar-refractivity contribution in [1.29, 1.82) is 0 Å². The van der Waals surface area contributed by atoms with E-state index < -0.39 is 37.3 Å². The summed E-state index contributed by atoms with van der Waals surface area (Å²) in [5.41, 5.74) is 2.67. The Kier molecular flexibility index (Phi) is 6.43. The van der Waals surface area contributed by atoms with Gasteiger partial charge in [0.15, 0.2) is 0 Å². The minimum absolute atomic E-state index is 0.0168. The molecule has 5 N–H and O–H groups in total. The van der Waals surface area contributed by atoms with Crippen LogP contribution < -0.4 is 4.74 Å². The molecule has 1 heterocycles. The molecule has 0 amide bonds. The maximum atomic E-state index is 10.2. The lowest BCUT2D eigenvalue weighted by molar-refractivity contribution is -0.277. The number of aliphatic hydroxyl groups excluding tert-OH is 5. The summed E-state index contributed by atoms with van der Waals surface area (Å²) in [6, 6.07) is 14.7. The molecule has 0 saturated carbocycles. The van der Waals surface area contributed by atoms with Gasteiger partial charge in [0, 0.05) is 6.42 Å². The number of hydrogen-bond donors (Lipinski definition) is 5. The molecule has 1 aliphatic rings. The van der Waals surface area contributed by atoms with Gasteiger partial charge in [0.1, 0.15) is 30.2 Å². The first-order valence-electron chi connectivity index (χ1n) is 8.77. The van der Waals surface area contributed by atoms with Gasteiger partial charge in [-0.2, -0.15) is 0 Å². The molecule has 7 heteroatoms. The van der Waals surface area contributed by atoms with E-state index in [1.165, 1.54) is 0 Å². The van der Waals surface area contributed by atoms with Crippen LogP contribution in [0.2, 0.25) is 0 Å². The number of hydrogen-bond acceptors (Lipinski definition) is 7. The predicted octanol–water partition coefficient (Wildman–Crippen LogP) is -0.0516. The van der Waals surface area contributed by atoms with Crippen LogP contribution >= 0.6 is 0 Å². The van der Waals surface area contributed by atoms with E-state index in [-0.39, 0.29) is 6.61 Å². The minimum atomic E-state index is -1.49. The van der Waals surface area contributed by atoms with Crippen LogP contribution in [0.5, 0.6) is 5.75 Å². The molecule has 0 unspecified atom stereocenters. The second kappa shape index (κ2) is 8.79. The molecule has 1 saturated heterocycles. The van der Waals surface area contributed by atoms with E-state index in [9.17, 15) is 20.4 Å². The van der Waals surface area contributed by atoms with E-state index in [4.69, 9.17) is 14.6 Å². The number of ether oxygens (including phenoxy) is 2. The molecule has 0 radical (unpaired) electrons. The van der Waals surface area contributed by atoms with Gasteiger partial charge in [-0.15, -0.1) is 0 Å². The van der Waals surface area contributed by atoms with E-state index in [0.29, 0.717) is 12.2 Å². The van der Waals surface area contributed by atoms with Crippen LogP contribution in [-0.2, 0) is 17.8 Å². The average Bonchev–Trinajstić information content (AvgIpc) is 2.70. The van der Waals surface area contributed by atoms with E-state index in [1.54, 1.807) is 12.1 Å². The van der Waals surface area contributed by atoms with Gasteiger partial charge in [-0.25, -0.2) is 0 Å². The zero-order valence-electron chi connectivity index (χ0n) is 14.7. The van der Waals surface area contributed by atoms with Gasteiger partial charge in [0.2, 0.25) is 6.29 Å². The lowest BCUT2D eigenvalue weighted by Gasteiger charge is -2.39. The van der Waals surface area contributed by atoms with Crippen molar-refractivity contribution >= 4 is 0 Å². The fraction of sp³-hybridized carbons (Fsp3) is 0.400. The van der Waals surface area contributed by atoms with Crippen molar-refractivity contribution < 1.29 is 35.0 Å². The highest BCUT2D eigenvalue weighted by Crippen LogP contribution is 2.28. The Balaban J connectivity index is 1.77. The molecule has 146 valence electrons. The highest BCUT2D eigenvalue weighted by molar-refractivity contribution is 5.38. The molecule has 5 atom stereocenters. The molecule has 1 fully saturated rings. The van der Waals surface area contributed by atoms with Crippen molar-refractivity contribution in [2.45, 2.75) is 43.7 Å². The van der Waals surface area contributed by atoms with Crippen molar-refractivity contribution in [2.75, 3.05) is 6.61 Å². The predicted molar refractivity (Wildman–Crippen MR) is 96.0 cm³/mol. The third-order valence-corrected chi connectivity index (χ3v) is 4.66. The zero-order chi connectivity index (χ0) is 19.4. The monoisotopic (exact) mass is 376 g/mol.